The van der Waals surface area contributed by atoms with E-state index in [1.165, 1.54) is 0 Å². The van der Waals surface area contributed by atoms with E-state index in [0.717, 1.165) is 23.4 Å². The smallest absolute Gasteiger partial charge is 0.274 e. The monoisotopic (exact) mass is 348 g/mol. The Morgan fingerprint density at radius 2 is 1.90 bits per heavy atom. The van der Waals surface area contributed by atoms with Crippen molar-refractivity contribution in [1.29, 1.82) is 0 Å². The number of pyridine rings is 2. The Balaban J connectivity index is 2.06. The SMILES string of the molecule is CCN(CC)c1ccc(NC(=O)c2ccc(Br)cn2)cn1. The van der Waals surface area contributed by atoms with Gasteiger partial charge in [-0.05, 0) is 54.0 Å². The van der Waals surface area contributed by atoms with Crippen molar-refractivity contribution >= 4 is 33.3 Å². The van der Waals surface area contributed by atoms with Crippen molar-refractivity contribution in [3.8, 4) is 0 Å². The van der Waals surface area contributed by atoms with Crippen LogP contribution < -0.4 is 10.2 Å². The highest BCUT2D eigenvalue weighted by molar-refractivity contribution is 9.10. The first-order valence-electron chi connectivity index (χ1n) is 6.78. The Labute approximate surface area is 132 Å². The van der Waals surface area contributed by atoms with E-state index < -0.39 is 0 Å². The standard InChI is InChI=1S/C15H17BrN4O/c1-3-20(4-2)14-8-6-12(10-18-14)19-15(21)13-7-5-11(16)9-17-13/h5-10H,3-4H2,1-2H3,(H,19,21). The van der Waals surface area contributed by atoms with Crippen LogP contribution in [0, 0.1) is 0 Å². The van der Waals surface area contributed by atoms with Gasteiger partial charge in [-0.2, -0.15) is 0 Å². The third-order valence-corrected chi connectivity index (χ3v) is 3.52. The van der Waals surface area contributed by atoms with E-state index in [1.807, 2.05) is 12.1 Å². The molecule has 5 nitrogen and oxygen atoms in total. The van der Waals surface area contributed by atoms with Gasteiger partial charge in [-0.25, -0.2) is 9.97 Å². The summed E-state index contributed by atoms with van der Waals surface area (Å²) in [4.78, 5) is 22.6. The molecule has 110 valence electrons. The molecule has 1 amide bonds. The highest BCUT2D eigenvalue weighted by atomic mass is 79.9. The van der Waals surface area contributed by atoms with Crippen LogP contribution >= 0.6 is 15.9 Å². The molecule has 0 aliphatic rings. The first-order valence-corrected chi connectivity index (χ1v) is 7.57. The summed E-state index contributed by atoms with van der Waals surface area (Å²) in [6, 6.07) is 7.19. The largest absolute Gasteiger partial charge is 0.357 e. The summed E-state index contributed by atoms with van der Waals surface area (Å²) < 4.78 is 0.837. The Bertz CT molecular complexity index is 594. The van der Waals surface area contributed by atoms with Gasteiger partial charge < -0.3 is 10.2 Å². The fourth-order valence-electron chi connectivity index (χ4n) is 1.90. The summed E-state index contributed by atoms with van der Waals surface area (Å²) in [5, 5.41) is 2.78. The fraction of sp³-hybridized carbons (Fsp3) is 0.267. The lowest BCUT2D eigenvalue weighted by molar-refractivity contribution is 0.102. The Morgan fingerprint density at radius 1 is 1.14 bits per heavy atom. The lowest BCUT2D eigenvalue weighted by Crippen LogP contribution is -2.23. The number of nitrogens with one attached hydrogen (secondary N) is 1. The highest BCUT2D eigenvalue weighted by Crippen LogP contribution is 2.15. The van der Waals surface area contributed by atoms with Crippen molar-refractivity contribution in [3.05, 3.63) is 46.8 Å². The molecule has 0 radical (unpaired) electrons. The zero-order chi connectivity index (χ0) is 15.2. The lowest BCUT2D eigenvalue weighted by Gasteiger charge is -2.19. The van der Waals surface area contributed by atoms with Crippen molar-refractivity contribution in [3.63, 3.8) is 0 Å². The average molecular weight is 349 g/mol. The van der Waals surface area contributed by atoms with Crippen molar-refractivity contribution in [1.82, 2.24) is 9.97 Å². The van der Waals surface area contributed by atoms with Gasteiger partial charge in [0.1, 0.15) is 11.5 Å². The van der Waals surface area contributed by atoms with Crippen molar-refractivity contribution in [2.45, 2.75) is 13.8 Å². The van der Waals surface area contributed by atoms with E-state index in [0.29, 0.717) is 11.4 Å². The summed E-state index contributed by atoms with van der Waals surface area (Å²) in [5.74, 6) is 0.652. The number of rotatable bonds is 5. The summed E-state index contributed by atoms with van der Waals surface area (Å²) in [5.41, 5.74) is 1.02. The van der Waals surface area contributed by atoms with Crippen LogP contribution in [-0.4, -0.2) is 29.0 Å². The number of halogens is 1. The van der Waals surface area contributed by atoms with Gasteiger partial charge in [-0.1, -0.05) is 0 Å². The highest BCUT2D eigenvalue weighted by Gasteiger charge is 2.08. The van der Waals surface area contributed by atoms with E-state index in [1.54, 1.807) is 24.5 Å². The Kier molecular flexibility index (Phi) is 5.27. The maximum absolute atomic E-state index is 12.0. The zero-order valence-electron chi connectivity index (χ0n) is 12.0. The molecule has 0 unspecified atom stereocenters. The van der Waals surface area contributed by atoms with E-state index in [2.05, 4.69) is 50.0 Å². The molecular weight excluding hydrogens is 332 g/mol. The molecule has 2 rings (SSSR count). The summed E-state index contributed by atoms with van der Waals surface area (Å²) in [6.07, 6.45) is 3.25. The maximum atomic E-state index is 12.0. The van der Waals surface area contributed by atoms with Crippen LogP contribution in [0.15, 0.2) is 41.1 Å². The van der Waals surface area contributed by atoms with Crippen LogP contribution in [0.3, 0.4) is 0 Å². The summed E-state index contributed by atoms with van der Waals surface area (Å²) in [6.45, 7) is 5.97. The number of nitrogens with zero attached hydrogens (tertiary/aromatic N) is 3. The topological polar surface area (TPSA) is 58.1 Å². The predicted molar refractivity (Wildman–Crippen MR) is 87.7 cm³/mol. The quantitative estimate of drug-likeness (QED) is 0.900. The van der Waals surface area contributed by atoms with Crippen LogP contribution in [0.25, 0.3) is 0 Å². The lowest BCUT2D eigenvalue weighted by atomic mass is 10.3. The predicted octanol–water partition coefficient (Wildman–Crippen LogP) is 3.34. The van der Waals surface area contributed by atoms with Gasteiger partial charge in [-0.3, -0.25) is 4.79 Å². The van der Waals surface area contributed by atoms with Gasteiger partial charge in [0.15, 0.2) is 0 Å². The molecule has 0 aromatic carbocycles. The minimum Gasteiger partial charge on any atom is -0.357 e. The third kappa shape index (κ3) is 4.01. The normalized spacial score (nSPS) is 10.2. The van der Waals surface area contributed by atoms with Gasteiger partial charge in [0.05, 0.1) is 11.9 Å². The van der Waals surface area contributed by atoms with E-state index in [-0.39, 0.29) is 5.91 Å². The van der Waals surface area contributed by atoms with Crippen molar-refractivity contribution in [2.75, 3.05) is 23.3 Å². The number of amides is 1. The molecular formula is C15H17BrN4O. The average Bonchev–Trinajstić information content (AvgIpc) is 2.51. The summed E-state index contributed by atoms with van der Waals surface area (Å²) in [7, 11) is 0. The molecule has 0 saturated carbocycles. The minimum absolute atomic E-state index is 0.250. The van der Waals surface area contributed by atoms with Gasteiger partial charge in [-0.15, -0.1) is 0 Å². The molecule has 0 saturated heterocycles. The van der Waals surface area contributed by atoms with Gasteiger partial charge in [0, 0.05) is 23.8 Å². The fourth-order valence-corrected chi connectivity index (χ4v) is 2.13. The molecule has 2 aromatic rings. The number of aromatic nitrogens is 2. The van der Waals surface area contributed by atoms with Crippen LogP contribution in [0.2, 0.25) is 0 Å². The van der Waals surface area contributed by atoms with Gasteiger partial charge in [0.25, 0.3) is 5.91 Å². The molecule has 6 heteroatoms. The van der Waals surface area contributed by atoms with Crippen LogP contribution in [-0.2, 0) is 0 Å². The van der Waals surface area contributed by atoms with E-state index >= 15 is 0 Å². The molecule has 1 N–H and O–H groups in total. The van der Waals surface area contributed by atoms with Gasteiger partial charge >= 0.3 is 0 Å². The number of carbonyl (C=O) groups excluding carboxylic acids is 1. The molecule has 0 atom stereocenters. The molecule has 0 aliphatic carbocycles. The van der Waals surface area contributed by atoms with E-state index in [4.69, 9.17) is 0 Å². The number of anilines is 2. The molecule has 0 spiro atoms. The number of hydrogen-bond donors (Lipinski definition) is 1. The second kappa shape index (κ2) is 7.17. The second-order valence-electron chi connectivity index (χ2n) is 4.39. The maximum Gasteiger partial charge on any atom is 0.274 e. The van der Waals surface area contributed by atoms with Crippen LogP contribution in [0.1, 0.15) is 24.3 Å². The molecule has 2 heterocycles. The van der Waals surface area contributed by atoms with E-state index in [9.17, 15) is 4.79 Å². The molecule has 2 aromatic heterocycles. The van der Waals surface area contributed by atoms with Crippen LogP contribution in [0.5, 0.6) is 0 Å². The second-order valence-corrected chi connectivity index (χ2v) is 5.31. The first-order chi connectivity index (χ1) is 10.1. The Morgan fingerprint density at radius 3 is 2.43 bits per heavy atom. The number of carbonyl (C=O) groups is 1. The Hall–Kier alpha value is -1.95. The van der Waals surface area contributed by atoms with Crippen molar-refractivity contribution < 1.29 is 4.79 Å². The molecule has 21 heavy (non-hydrogen) atoms. The minimum atomic E-state index is -0.250. The zero-order valence-corrected chi connectivity index (χ0v) is 13.6. The summed E-state index contributed by atoms with van der Waals surface area (Å²) >= 11 is 3.29. The van der Waals surface area contributed by atoms with Gasteiger partial charge in [0.2, 0.25) is 0 Å². The molecule has 0 fully saturated rings. The first kappa shape index (κ1) is 15.4. The van der Waals surface area contributed by atoms with Crippen molar-refractivity contribution in [2.24, 2.45) is 0 Å². The number of hydrogen-bond acceptors (Lipinski definition) is 4. The van der Waals surface area contributed by atoms with Crippen LogP contribution in [0.4, 0.5) is 11.5 Å². The molecule has 0 bridgehead atoms. The molecule has 0 aliphatic heterocycles. The third-order valence-electron chi connectivity index (χ3n) is 3.05.